The molecule has 104 valence electrons. The Labute approximate surface area is 122 Å². The predicted molar refractivity (Wildman–Crippen MR) is 81.4 cm³/mol. The van der Waals surface area contributed by atoms with Crippen LogP contribution in [0.25, 0.3) is 0 Å². The smallest absolute Gasteiger partial charge is 0.236 e. The molecule has 2 unspecified atom stereocenters. The van der Waals surface area contributed by atoms with E-state index in [4.69, 9.17) is 0 Å². The second-order valence-corrected chi connectivity index (χ2v) is 7.58. The molecule has 5 heteroatoms. The SMILES string of the molecule is CC1SC(c2ccsc2)N(CC2CCNCC2)C1=O. The molecule has 2 fully saturated rings. The zero-order chi connectivity index (χ0) is 13.2. The maximum atomic E-state index is 12.4. The van der Waals surface area contributed by atoms with Crippen LogP contribution < -0.4 is 5.32 Å². The van der Waals surface area contributed by atoms with Gasteiger partial charge in [-0.2, -0.15) is 11.3 Å². The molecule has 3 nitrogen and oxygen atoms in total. The van der Waals surface area contributed by atoms with Crippen molar-refractivity contribution in [3.63, 3.8) is 0 Å². The first-order valence-electron chi connectivity index (χ1n) is 6.94. The molecule has 2 saturated heterocycles. The third-order valence-electron chi connectivity index (χ3n) is 3.99. The second-order valence-electron chi connectivity index (χ2n) is 5.37. The topological polar surface area (TPSA) is 32.3 Å². The third-order valence-corrected chi connectivity index (χ3v) is 6.08. The highest BCUT2D eigenvalue weighted by molar-refractivity contribution is 8.01. The van der Waals surface area contributed by atoms with E-state index in [1.54, 1.807) is 23.1 Å². The first kappa shape index (κ1) is 13.5. The molecule has 1 amide bonds. The van der Waals surface area contributed by atoms with Crippen molar-refractivity contribution >= 4 is 29.0 Å². The minimum Gasteiger partial charge on any atom is -0.325 e. The summed E-state index contributed by atoms with van der Waals surface area (Å²) in [5, 5.41) is 8.02. The Hall–Kier alpha value is -0.520. The molecular weight excluding hydrogens is 276 g/mol. The van der Waals surface area contributed by atoms with Crippen LogP contribution in [0.3, 0.4) is 0 Å². The maximum absolute atomic E-state index is 12.4. The summed E-state index contributed by atoms with van der Waals surface area (Å²) < 4.78 is 0. The molecule has 2 atom stereocenters. The zero-order valence-electron chi connectivity index (χ0n) is 11.2. The van der Waals surface area contributed by atoms with Crippen LogP contribution in [0.5, 0.6) is 0 Å². The van der Waals surface area contributed by atoms with Crippen molar-refractivity contribution in [2.75, 3.05) is 19.6 Å². The number of piperidine rings is 1. The number of hydrogen-bond acceptors (Lipinski definition) is 4. The molecule has 0 radical (unpaired) electrons. The molecule has 2 aliphatic heterocycles. The van der Waals surface area contributed by atoms with Crippen molar-refractivity contribution < 1.29 is 4.79 Å². The highest BCUT2D eigenvalue weighted by atomic mass is 32.2. The van der Waals surface area contributed by atoms with Gasteiger partial charge in [0.25, 0.3) is 0 Å². The number of carbonyl (C=O) groups excluding carboxylic acids is 1. The van der Waals surface area contributed by atoms with Gasteiger partial charge in [0, 0.05) is 6.54 Å². The lowest BCUT2D eigenvalue weighted by molar-refractivity contribution is -0.130. The number of amides is 1. The minimum atomic E-state index is 0.103. The van der Waals surface area contributed by atoms with Crippen LogP contribution in [0.1, 0.15) is 30.7 Å². The lowest BCUT2D eigenvalue weighted by Crippen LogP contribution is -2.38. The van der Waals surface area contributed by atoms with E-state index in [0.717, 1.165) is 19.6 Å². The fourth-order valence-corrected chi connectivity index (χ4v) is 4.92. The van der Waals surface area contributed by atoms with Crippen LogP contribution in [0, 0.1) is 5.92 Å². The van der Waals surface area contributed by atoms with Gasteiger partial charge in [-0.15, -0.1) is 11.8 Å². The summed E-state index contributed by atoms with van der Waals surface area (Å²) >= 11 is 3.51. The zero-order valence-corrected chi connectivity index (χ0v) is 12.8. The summed E-state index contributed by atoms with van der Waals surface area (Å²) in [5.74, 6) is 0.983. The summed E-state index contributed by atoms with van der Waals surface area (Å²) in [6, 6.07) is 2.16. The first-order valence-corrected chi connectivity index (χ1v) is 8.83. The number of rotatable bonds is 3. The molecule has 19 heavy (non-hydrogen) atoms. The third kappa shape index (κ3) is 2.83. The van der Waals surface area contributed by atoms with Gasteiger partial charge in [0.05, 0.1) is 5.25 Å². The van der Waals surface area contributed by atoms with Crippen LogP contribution in [0.4, 0.5) is 0 Å². The summed E-state index contributed by atoms with van der Waals surface area (Å²) in [7, 11) is 0. The van der Waals surface area contributed by atoms with Crippen LogP contribution in [-0.2, 0) is 4.79 Å². The lowest BCUT2D eigenvalue weighted by Gasteiger charge is -2.30. The first-order chi connectivity index (χ1) is 9.25. The number of thiophene rings is 1. The van der Waals surface area contributed by atoms with E-state index < -0.39 is 0 Å². The van der Waals surface area contributed by atoms with Gasteiger partial charge < -0.3 is 10.2 Å². The van der Waals surface area contributed by atoms with Crippen molar-refractivity contribution in [2.24, 2.45) is 5.92 Å². The van der Waals surface area contributed by atoms with Crippen LogP contribution >= 0.6 is 23.1 Å². The molecule has 1 aromatic heterocycles. The van der Waals surface area contributed by atoms with Crippen molar-refractivity contribution in [2.45, 2.75) is 30.4 Å². The Kier molecular flexibility index (Phi) is 4.15. The Morgan fingerprint density at radius 1 is 1.42 bits per heavy atom. The summed E-state index contributed by atoms with van der Waals surface area (Å²) in [4.78, 5) is 14.5. The van der Waals surface area contributed by atoms with Crippen molar-refractivity contribution in [3.8, 4) is 0 Å². The van der Waals surface area contributed by atoms with Crippen LogP contribution in [-0.4, -0.2) is 35.7 Å². The molecular formula is C14H20N2OS2. The molecule has 3 rings (SSSR count). The highest BCUT2D eigenvalue weighted by Crippen LogP contribution is 2.44. The predicted octanol–water partition coefficient (Wildman–Crippen LogP) is 2.71. The van der Waals surface area contributed by atoms with Gasteiger partial charge in [-0.1, -0.05) is 0 Å². The molecule has 1 N–H and O–H groups in total. The summed E-state index contributed by atoms with van der Waals surface area (Å²) in [5.41, 5.74) is 1.29. The van der Waals surface area contributed by atoms with E-state index in [1.807, 2.05) is 6.92 Å². The Morgan fingerprint density at radius 3 is 2.89 bits per heavy atom. The maximum Gasteiger partial charge on any atom is 0.236 e. The molecule has 3 heterocycles. The van der Waals surface area contributed by atoms with Gasteiger partial charge in [-0.3, -0.25) is 4.79 Å². The number of hydrogen-bond donors (Lipinski definition) is 1. The Bertz CT molecular complexity index is 429. The van der Waals surface area contributed by atoms with Crippen molar-refractivity contribution in [3.05, 3.63) is 22.4 Å². The van der Waals surface area contributed by atoms with Gasteiger partial charge in [0.1, 0.15) is 5.37 Å². The standard InChI is InChI=1S/C14H20N2OS2/c1-10-13(17)16(8-11-2-5-15-6-3-11)14(19-10)12-4-7-18-9-12/h4,7,9-11,14-15H,2-3,5-6,8H2,1H3. The molecule has 1 aromatic rings. The summed E-state index contributed by atoms with van der Waals surface area (Å²) in [6.45, 7) is 5.16. The number of nitrogens with zero attached hydrogens (tertiary/aromatic N) is 1. The van der Waals surface area contributed by atoms with E-state index in [2.05, 4.69) is 27.0 Å². The highest BCUT2D eigenvalue weighted by Gasteiger charge is 2.39. The Morgan fingerprint density at radius 2 is 2.21 bits per heavy atom. The van der Waals surface area contributed by atoms with Gasteiger partial charge in [-0.25, -0.2) is 0 Å². The van der Waals surface area contributed by atoms with E-state index in [0.29, 0.717) is 11.8 Å². The molecule has 2 aliphatic rings. The quantitative estimate of drug-likeness (QED) is 0.931. The van der Waals surface area contributed by atoms with Gasteiger partial charge >= 0.3 is 0 Å². The average molecular weight is 296 g/mol. The van der Waals surface area contributed by atoms with Gasteiger partial charge in [0.2, 0.25) is 5.91 Å². The van der Waals surface area contributed by atoms with Gasteiger partial charge in [0.15, 0.2) is 0 Å². The number of carbonyl (C=O) groups is 1. The molecule has 0 spiro atoms. The molecule has 0 aromatic carbocycles. The molecule has 0 saturated carbocycles. The van der Waals surface area contributed by atoms with Crippen molar-refractivity contribution in [1.82, 2.24) is 10.2 Å². The van der Waals surface area contributed by atoms with E-state index in [9.17, 15) is 4.79 Å². The van der Waals surface area contributed by atoms with E-state index >= 15 is 0 Å². The number of nitrogens with one attached hydrogen (secondary N) is 1. The Balaban J connectivity index is 1.73. The normalized spacial score (nSPS) is 29.1. The van der Waals surface area contributed by atoms with Crippen LogP contribution in [0.2, 0.25) is 0 Å². The molecule has 0 aliphatic carbocycles. The van der Waals surface area contributed by atoms with Gasteiger partial charge in [-0.05, 0) is 61.2 Å². The van der Waals surface area contributed by atoms with Crippen molar-refractivity contribution in [1.29, 1.82) is 0 Å². The lowest BCUT2D eigenvalue weighted by atomic mass is 9.97. The largest absolute Gasteiger partial charge is 0.325 e. The average Bonchev–Trinajstić information content (AvgIpc) is 3.04. The minimum absolute atomic E-state index is 0.103. The second kappa shape index (κ2) is 5.85. The van der Waals surface area contributed by atoms with E-state index in [-0.39, 0.29) is 10.6 Å². The molecule has 0 bridgehead atoms. The number of thioether (sulfide) groups is 1. The van der Waals surface area contributed by atoms with Crippen LogP contribution in [0.15, 0.2) is 16.8 Å². The fourth-order valence-electron chi connectivity index (χ4n) is 2.88. The fraction of sp³-hybridized carbons (Fsp3) is 0.643. The van der Waals surface area contributed by atoms with E-state index in [1.165, 1.54) is 18.4 Å². The monoisotopic (exact) mass is 296 g/mol. The summed E-state index contributed by atoms with van der Waals surface area (Å²) in [6.07, 6.45) is 2.39.